The van der Waals surface area contributed by atoms with Crippen LogP contribution in [0.15, 0.2) is 119 Å². The summed E-state index contributed by atoms with van der Waals surface area (Å²) in [4.78, 5) is 14.2. The Morgan fingerprint density at radius 2 is 1.03 bits per heavy atom. The highest BCUT2D eigenvalue weighted by atomic mass is 19.1. The van der Waals surface area contributed by atoms with Gasteiger partial charge in [0, 0.05) is 12.8 Å². The van der Waals surface area contributed by atoms with Crippen LogP contribution in [0.4, 0.5) is 13.6 Å². The number of benzene rings is 4. The second-order valence-electron chi connectivity index (χ2n) is 9.35. The molecule has 4 aromatic carbocycles. The SMILES string of the molecule is O=C(N1N=C(c2ccccc2)CC1c1cccc(F)c1)N1N=C(c2ccccc2)CC1c1cccc(F)c1. The summed E-state index contributed by atoms with van der Waals surface area (Å²) < 4.78 is 28.4. The molecule has 0 aromatic heterocycles. The summed E-state index contributed by atoms with van der Waals surface area (Å²) in [6, 6.07) is 30.2. The number of hydrogen-bond donors (Lipinski definition) is 0. The number of carbonyl (C=O) groups is 1. The van der Waals surface area contributed by atoms with Crippen molar-refractivity contribution >= 4 is 17.5 Å². The highest BCUT2D eigenvalue weighted by molar-refractivity contribution is 6.04. The van der Waals surface area contributed by atoms with Crippen LogP contribution < -0.4 is 0 Å². The van der Waals surface area contributed by atoms with Gasteiger partial charge in [-0.1, -0.05) is 84.9 Å². The Hall–Kier alpha value is -4.65. The van der Waals surface area contributed by atoms with Gasteiger partial charge in [-0.25, -0.2) is 23.6 Å². The molecule has 7 heteroatoms. The number of amides is 2. The Morgan fingerprint density at radius 1 is 0.605 bits per heavy atom. The Morgan fingerprint density at radius 3 is 1.42 bits per heavy atom. The molecule has 0 N–H and O–H groups in total. The smallest absolute Gasteiger partial charge is 0.244 e. The van der Waals surface area contributed by atoms with Crippen LogP contribution in [-0.4, -0.2) is 27.5 Å². The molecule has 0 bridgehead atoms. The lowest BCUT2D eigenvalue weighted by Gasteiger charge is -2.29. The summed E-state index contributed by atoms with van der Waals surface area (Å²) in [5, 5.41) is 12.2. The second kappa shape index (κ2) is 10.0. The van der Waals surface area contributed by atoms with Crippen molar-refractivity contribution in [2.45, 2.75) is 24.9 Å². The van der Waals surface area contributed by atoms with Gasteiger partial charge in [0.2, 0.25) is 0 Å². The number of halogens is 2. The largest absolute Gasteiger partial charge is 0.362 e. The van der Waals surface area contributed by atoms with Crippen molar-refractivity contribution in [2.75, 3.05) is 0 Å². The molecule has 4 aromatic rings. The summed E-state index contributed by atoms with van der Waals surface area (Å²) in [6.07, 6.45) is 0.847. The predicted octanol–water partition coefficient (Wildman–Crippen LogP) is 7.09. The number of rotatable bonds is 4. The molecule has 0 fully saturated rings. The van der Waals surface area contributed by atoms with Crippen LogP contribution in [0, 0.1) is 11.6 Å². The van der Waals surface area contributed by atoms with Crippen LogP contribution in [0.5, 0.6) is 0 Å². The fourth-order valence-corrected chi connectivity index (χ4v) is 5.04. The van der Waals surface area contributed by atoms with Gasteiger partial charge in [0.15, 0.2) is 0 Å². The van der Waals surface area contributed by atoms with Crippen LogP contribution in [0.2, 0.25) is 0 Å². The zero-order valence-corrected chi connectivity index (χ0v) is 20.4. The Kier molecular flexibility index (Phi) is 6.25. The molecule has 2 aliphatic rings. The van der Waals surface area contributed by atoms with Crippen molar-refractivity contribution < 1.29 is 13.6 Å². The summed E-state index contributed by atoms with van der Waals surface area (Å²) in [5.41, 5.74) is 4.51. The molecule has 0 saturated heterocycles. The molecule has 5 nitrogen and oxygen atoms in total. The molecule has 2 unspecified atom stereocenters. The first-order chi connectivity index (χ1) is 18.6. The number of hydrazone groups is 2. The van der Waals surface area contributed by atoms with Crippen molar-refractivity contribution in [1.82, 2.24) is 10.0 Å². The fraction of sp³-hybridized carbons (Fsp3) is 0.129. The lowest BCUT2D eigenvalue weighted by molar-refractivity contribution is 0.131. The molecule has 0 radical (unpaired) electrons. The zero-order chi connectivity index (χ0) is 26.1. The van der Waals surface area contributed by atoms with Crippen LogP contribution in [0.1, 0.15) is 47.2 Å². The minimum absolute atomic E-state index is 0.383. The van der Waals surface area contributed by atoms with Gasteiger partial charge in [-0.3, -0.25) is 0 Å². The quantitative estimate of drug-likeness (QED) is 0.292. The first kappa shape index (κ1) is 23.7. The molecule has 2 heterocycles. The van der Waals surface area contributed by atoms with Crippen molar-refractivity contribution in [2.24, 2.45) is 10.2 Å². The van der Waals surface area contributed by atoms with E-state index in [2.05, 4.69) is 0 Å². The highest BCUT2D eigenvalue weighted by Crippen LogP contribution is 2.39. The van der Waals surface area contributed by atoms with Crippen LogP contribution >= 0.6 is 0 Å². The third-order valence-electron chi connectivity index (χ3n) is 6.89. The van der Waals surface area contributed by atoms with E-state index in [4.69, 9.17) is 10.2 Å². The molecule has 188 valence electrons. The second-order valence-corrected chi connectivity index (χ2v) is 9.35. The molecule has 0 spiro atoms. The van der Waals surface area contributed by atoms with Gasteiger partial charge >= 0.3 is 6.03 Å². The van der Waals surface area contributed by atoms with Gasteiger partial charge < -0.3 is 0 Å². The maximum absolute atomic E-state index is 14.2. The van der Waals surface area contributed by atoms with E-state index in [0.717, 1.165) is 22.6 Å². The number of hydrogen-bond acceptors (Lipinski definition) is 3. The maximum Gasteiger partial charge on any atom is 0.362 e. The molecule has 0 aliphatic carbocycles. The normalized spacial score (nSPS) is 18.9. The van der Waals surface area contributed by atoms with E-state index in [1.807, 2.05) is 60.7 Å². The van der Waals surface area contributed by atoms with Gasteiger partial charge in [0.05, 0.1) is 23.5 Å². The Balaban J connectivity index is 1.42. The summed E-state index contributed by atoms with van der Waals surface area (Å²) in [7, 11) is 0. The van der Waals surface area contributed by atoms with Crippen molar-refractivity contribution in [3.63, 3.8) is 0 Å². The van der Waals surface area contributed by atoms with E-state index in [0.29, 0.717) is 24.0 Å². The highest BCUT2D eigenvalue weighted by Gasteiger charge is 2.41. The van der Waals surface area contributed by atoms with Crippen molar-refractivity contribution in [3.8, 4) is 0 Å². The lowest BCUT2D eigenvalue weighted by Crippen LogP contribution is -2.38. The molecule has 2 amide bonds. The number of nitrogens with zero attached hydrogens (tertiary/aromatic N) is 4. The summed E-state index contributed by atoms with van der Waals surface area (Å²) in [5.74, 6) is -0.766. The van der Waals surface area contributed by atoms with E-state index in [9.17, 15) is 13.6 Å². The standard InChI is InChI=1S/C31H24F2N4O/c32-25-15-7-13-23(17-25)29-19-27(21-9-3-1-4-10-21)34-36(29)31(38)37-30(24-14-8-16-26(33)18-24)20-28(35-37)22-11-5-2-6-12-22/h1-18,29-30H,19-20H2. The molecule has 38 heavy (non-hydrogen) atoms. The van der Waals surface area contributed by atoms with Crippen molar-refractivity contribution in [1.29, 1.82) is 0 Å². The third kappa shape index (κ3) is 4.59. The van der Waals surface area contributed by atoms with E-state index >= 15 is 0 Å². The van der Waals surface area contributed by atoms with Gasteiger partial charge in [0.25, 0.3) is 0 Å². The topological polar surface area (TPSA) is 48.3 Å². The minimum atomic E-state index is -0.516. The maximum atomic E-state index is 14.2. The van der Waals surface area contributed by atoms with Crippen LogP contribution in [-0.2, 0) is 0 Å². The summed E-state index contributed by atoms with van der Waals surface area (Å²) >= 11 is 0. The van der Waals surface area contributed by atoms with E-state index in [-0.39, 0.29) is 11.6 Å². The van der Waals surface area contributed by atoms with E-state index in [1.54, 1.807) is 24.3 Å². The lowest BCUT2D eigenvalue weighted by atomic mass is 9.98. The fourth-order valence-electron chi connectivity index (χ4n) is 5.04. The van der Waals surface area contributed by atoms with Gasteiger partial charge in [-0.05, 0) is 46.5 Å². The first-order valence-corrected chi connectivity index (χ1v) is 12.5. The Labute approximate surface area is 219 Å². The minimum Gasteiger partial charge on any atom is -0.244 e. The third-order valence-corrected chi connectivity index (χ3v) is 6.89. The molecular formula is C31H24F2N4O. The summed E-state index contributed by atoms with van der Waals surface area (Å²) in [6.45, 7) is 0. The first-order valence-electron chi connectivity index (χ1n) is 12.5. The Bertz CT molecular complexity index is 1420. The molecule has 2 atom stereocenters. The average Bonchev–Trinajstić information content (AvgIpc) is 3.60. The number of carbonyl (C=O) groups excluding carboxylic acids is 1. The zero-order valence-electron chi connectivity index (χ0n) is 20.4. The van der Waals surface area contributed by atoms with E-state index < -0.39 is 18.1 Å². The van der Waals surface area contributed by atoms with Gasteiger partial charge in [-0.15, -0.1) is 0 Å². The molecule has 0 saturated carbocycles. The van der Waals surface area contributed by atoms with Crippen LogP contribution in [0.25, 0.3) is 0 Å². The average molecular weight is 507 g/mol. The molecule has 2 aliphatic heterocycles. The number of urea groups is 1. The monoisotopic (exact) mass is 506 g/mol. The van der Waals surface area contributed by atoms with E-state index in [1.165, 1.54) is 34.3 Å². The molecular weight excluding hydrogens is 482 g/mol. The van der Waals surface area contributed by atoms with Gasteiger partial charge in [-0.2, -0.15) is 10.2 Å². The molecule has 6 rings (SSSR count). The van der Waals surface area contributed by atoms with Crippen molar-refractivity contribution in [3.05, 3.63) is 143 Å². The van der Waals surface area contributed by atoms with Gasteiger partial charge in [0.1, 0.15) is 11.6 Å². The van der Waals surface area contributed by atoms with Crippen LogP contribution in [0.3, 0.4) is 0 Å². The predicted molar refractivity (Wildman–Crippen MR) is 143 cm³/mol.